The smallest absolute Gasteiger partial charge is 0.267 e. The predicted octanol–water partition coefficient (Wildman–Crippen LogP) is 3.02. The molecule has 8 heteroatoms. The van der Waals surface area contributed by atoms with Gasteiger partial charge < -0.3 is 4.90 Å². The molecule has 3 heterocycles. The number of hydrogen-bond acceptors (Lipinski definition) is 5. The monoisotopic (exact) mass is 383 g/mol. The molecule has 144 valence electrons. The normalized spacial score (nSPS) is 16.5. The number of halogens is 2. The number of benzene rings is 1. The summed E-state index contributed by atoms with van der Waals surface area (Å²) in [4.78, 5) is 23.1. The Hall–Kier alpha value is -3.16. The van der Waals surface area contributed by atoms with E-state index in [4.69, 9.17) is 0 Å². The van der Waals surface area contributed by atoms with E-state index in [-0.39, 0.29) is 17.7 Å². The average molecular weight is 383 g/mol. The fourth-order valence-corrected chi connectivity index (χ4v) is 3.36. The summed E-state index contributed by atoms with van der Waals surface area (Å²) in [6, 6.07) is 6.60. The summed E-state index contributed by atoms with van der Waals surface area (Å²) in [6.45, 7) is 2.99. The van der Waals surface area contributed by atoms with Crippen molar-refractivity contribution in [1.82, 2.24) is 19.7 Å². The summed E-state index contributed by atoms with van der Waals surface area (Å²) in [5.74, 6) is -0.707. The first-order valence-corrected chi connectivity index (χ1v) is 9.12. The van der Waals surface area contributed by atoms with E-state index in [1.54, 1.807) is 18.5 Å². The minimum Gasteiger partial charge on any atom is -0.338 e. The minimum absolute atomic E-state index is 0.0942. The van der Waals surface area contributed by atoms with Crippen molar-refractivity contribution in [3.63, 3.8) is 0 Å². The highest BCUT2D eigenvalue weighted by molar-refractivity contribution is 5.56. The lowest BCUT2D eigenvalue weighted by atomic mass is 10.2. The number of nitrogens with zero attached hydrogens (tertiary/aromatic N) is 5. The van der Waals surface area contributed by atoms with Gasteiger partial charge in [0.15, 0.2) is 0 Å². The molecule has 1 saturated heterocycles. The van der Waals surface area contributed by atoms with Crippen LogP contribution < -0.4 is 10.5 Å². The van der Waals surface area contributed by atoms with Gasteiger partial charge in [0, 0.05) is 48.2 Å². The highest BCUT2D eigenvalue weighted by Gasteiger charge is 2.22. The molecule has 0 N–H and O–H groups in total. The van der Waals surface area contributed by atoms with Crippen LogP contribution in [0.25, 0.3) is 11.3 Å². The molecule has 28 heavy (non-hydrogen) atoms. The molecule has 6 nitrogen and oxygen atoms in total. The van der Waals surface area contributed by atoms with Gasteiger partial charge in [-0.25, -0.2) is 23.4 Å². The van der Waals surface area contributed by atoms with Gasteiger partial charge in [-0.3, -0.25) is 4.79 Å². The molecule has 3 aromatic rings. The van der Waals surface area contributed by atoms with Crippen molar-refractivity contribution >= 4 is 5.95 Å². The zero-order chi connectivity index (χ0) is 19.7. The summed E-state index contributed by atoms with van der Waals surface area (Å²) < 4.78 is 28.1. The molecule has 0 amide bonds. The van der Waals surface area contributed by atoms with E-state index in [0.717, 1.165) is 36.2 Å². The largest absolute Gasteiger partial charge is 0.338 e. The van der Waals surface area contributed by atoms with Crippen LogP contribution in [0.15, 0.2) is 47.5 Å². The SMILES string of the molecule is CC1CCCN1c1ncc(-c2ccc(=O)n(Cc3ccc(F)cc3F)n2)cn1. The topological polar surface area (TPSA) is 63.9 Å². The van der Waals surface area contributed by atoms with Crippen molar-refractivity contribution in [2.24, 2.45) is 0 Å². The number of hydrogen-bond donors (Lipinski definition) is 0. The molecule has 0 radical (unpaired) electrons. The first kappa shape index (κ1) is 18.2. The average Bonchev–Trinajstić information content (AvgIpc) is 3.12. The third kappa shape index (κ3) is 3.62. The van der Waals surface area contributed by atoms with Crippen molar-refractivity contribution in [3.8, 4) is 11.3 Å². The second-order valence-electron chi connectivity index (χ2n) is 6.91. The van der Waals surface area contributed by atoms with E-state index < -0.39 is 11.6 Å². The summed E-state index contributed by atoms with van der Waals surface area (Å²) in [5.41, 5.74) is 0.964. The number of rotatable bonds is 4. The van der Waals surface area contributed by atoms with Crippen LogP contribution >= 0.6 is 0 Å². The van der Waals surface area contributed by atoms with E-state index in [0.29, 0.717) is 23.2 Å². The summed E-state index contributed by atoms with van der Waals surface area (Å²) >= 11 is 0. The Labute approximate surface area is 160 Å². The Bertz CT molecular complexity index is 1050. The van der Waals surface area contributed by atoms with E-state index >= 15 is 0 Å². The fraction of sp³-hybridized carbons (Fsp3) is 0.300. The van der Waals surface area contributed by atoms with Gasteiger partial charge in [0.05, 0.1) is 12.2 Å². The van der Waals surface area contributed by atoms with Crippen LogP contribution in [0.1, 0.15) is 25.3 Å². The maximum atomic E-state index is 13.9. The van der Waals surface area contributed by atoms with Crippen LogP contribution in [0, 0.1) is 11.6 Å². The molecule has 1 aromatic carbocycles. The van der Waals surface area contributed by atoms with Crippen LogP contribution in [0.3, 0.4) is 0 Å². The molecule has 1 fully saturated rings. The van der Waals surface area contributed by atoms with E-state index in [1.807, 2.05) is 0 Å². The first-order chi connectivity index (χ1) is 13.5. The third-order valence-electron chi connectivity index (χ3n) is 4.95. The van der Waals surface area contributed by atoms with Crippen molar-refractivity contribution < 1.29 is 8.78 Å². The van der Waals surface area contributed by atoms with Gasteiger partial charge in [-0.05, 0) is 31.9 Å². The van der Waals surface area contributed by atoms with Crippen molar-refractivity contribution in [2.45, 2.75) is 32.4 Å². The Morgan fingerprint density at radius 3 is 2.61 bits per heavy atom. The molecule has 1 aliphatic heterocycles. The van der Waals surface area contributed by atoms with Crippen LogP contribution in [0.5, 0.6) is 0 Å². The number of aromatic nitrogens is 4. The van der Waals surface area contributed by atoms with Crippen LogP contribution in [-0.2, 0) is 6.54 Å². The maximum absolute atomic E-state index is 13.9. The van der Waals surface area contributed by atoms with E-state index in [9.17, 15) is 13.6 Å². The molecule has 0 aliphatic carbocycles. The summed E-state index contributed by atoms with van der Waals surface area (Å²) in [7, 11) is 0. The Morgan fingerprint density at radius 1 is 1.14 bits per heavy atom. The maximum Gasteiger partial charge on any atom is 0.267 e. The quantitative estimate of drug-likeness (QED) is 0.693. The van der Waals surface area contributed by atoms with Gasteiger partial charge >= 0.3 is 0 Å². The lowest BCUT2D eigenvalue weighted by Crippen LogP contribution is -2.28. The zero-order valence-electron chi connectivity index (χ0n) is 15.3. The Morgan fingerprint density at radius 2 is 1.93 bits per heavy atom. The lowest BCUT2D eigenvalue weighted by Gasteiger charge is -2.20. The molecule has 0 bridgehead atoms. The van der Waals surface area contributed by atoms with Gasteiger partial charge in [0.2, 0.25) is 5.95 Å². The van der Waals surface area contributed by atoms with Crippen molar-refractivity contribution in [1.29, 1.82) is 0 Å². The van der Waals surface area contributed by atoms with Gasteiger partial charge in [-0.2, -0.15) is 5.10 Å². The minimum atomic E-state index is -0.716. The number of anilines is 1. The summed E-state index contributed by atoms with van der Waals surface area (Å²) in [6.07, 6.45) is 5.59. The first-order valence-electron chi connectivity index (χ1n) is 9.12. The standard InChI is InChI=1S/C20H19F2N5O/c1-13-3-2-8-26(13)20-23-10-15(11-24-20)18-6-7-19(28)27(25-18)12-14-4-5-16(21)9-17(14)22/h4-7,9-11,13H,2-3,8,12H2,1H3. The fourth-order valence-electron chi connectivity index (χ4n) is 3.36. The second kappa shape index (κ2) is 7.46. The van der Waals surface area contributed by atoms with Gasteiger partial charge in [-0.1, -0.05) is 6.07 Å². The third-order valence-corrected chi connectivity index (χ3v) is 4.95. The van der Waals surface area contributed by atoms with Crippen LogP contribution in [0.4, 0.5) is 14.7 Å². The van der Waals surface area contributed by atoms with E-state index in [1.165, 1.54) is 12.1 Å². The van der Waals surface area contributed by atoms with Crippen LogP contribution in [-0.4, -0.2) is 32.3 Å². The molecule has 1 atom stereocenters. The molecule has 4 rings (SSSR count). The molecule has 2 aromatic heterocycles. The van der Waals surface area contributed by atoms with E-state index in [2.05, 4.69) is 26.9 Å². The van der Waals surface area contributed by atoms with Crippen molar-refractivity contribution in [3.05, 3.63) is 70.3 Å². The second-order valence-corrected chi connectivity index (χ2v) is 6.91. The van der Waals surface area contributed by atoms with Crippen LogP contribution in [0.2, 0.25) is 0 Å². The molecular weight excluding hydrogens is 364 g/mol. The highest BCUT2D eigenvalue weighted by Crippen LogP contribution is 2.23. The zero-order valence-corrected chi connectivity index (χ0v) is 15.3. The predicted molar refractivity (Wildman–Crippen MR) is 101 cm³/mol. The molecule has 0 spiro atoms. The van der Waals surface area contributed by atoms with Gasteiger partial charge in [0.25, 0.3) is 5.56 Å². The molecule has 1 unspecified atom stereocenters. The Balaban J connectivity index is 1.60. The molecular formula is C20H19F2N5O. The Kier molecular flexibility index (Phi) is 4.85. The van der Waals surface area contributed by atoms with Gasteiger partial charge in [0.1, 0.15) is 11.6 Å². The van der Waals surface area contributed by atoms with Crippen molar-refractivity contribution in [2.75, 3.05) is 11.4 Å². The molecule has 1 aliphatic rings. The lowest BCUT2D eigenvalue weighted by molar-refractivity contribution is 0.552. The molecule has 0 saturated carbocycles. The van der Waals surface area contributed by atoms with Gasteiger partial charge in [-0.15, -0.1) is 0 Å². The highest BCUT2D eigenvalue weighted by atomic mass is 19.1. The summed E-state index contributed by atoms with van der Waals surface area (Å²) in [5, 5.41) is 4.29.